The summed E-state index contributed by atoms with van der Waals surface area (Å²) in [5, 5.41) is 139. The fraction of sp³-hybridized carbons (Fsp3) is 0.761. The van der Waals surface area contributed by atoms with Gasteiger partial charge in [-0.15, -0.1) is 33.7 Å². The molecule has 15 atom stereocenters. The van der Waals surface area contributed by atoms with Crippen molar-refractivity contribution in [1.82, 2.24) is 36.7 Å². The Morgan fingerprint density at radius 2 is 0.847 bits per heavy atom. The first-order chi connectivity index (χ1) is 58.6. The number of ketones is 4. The van der Waals surface area contributed by atoms with Crippen molar-refractivity contribution in [1.29, 1.82) is 0 Å². The second-order valence-electron chi connectivity index (χ2n) is 27.1. The number of hydroxylamine groups is 4. The van der Waals surface area contributed by atoms with Crippen molar-refractivity contribution in [2.75, 3.05) is 144 Å². The highest BCUT2D eigenvalue weighted by atomic mass is 32.2. The molecule has 7 unspecified atom stereocenters. The lowest BCUT2D eigenvalue weighted by atomic mass is 10.0. The van der Waals surface area contributed by atoms with E-state index in [0.29, 0.717) is 62.4 Å². The van der Waals surface area contributed by atoms with Gasteiger partial charge in [-0.2, -0.15) is 23.5 Å². The minimum Gasteiger partial charge on any atom is -0.481 e. The molecule has 712 valence electrons. The molecule has 2 saturated heterocycles. The van der Waals surface area contributed by atoms with Crippen molar-refractivity contribution in [3.8, 4) is 0 Å². The van der Waals surface area contributed by atoms with Gasteiger partial charge in [0.05, 0.1) is 89.8 Å². The Hall–Kier alpha value is -6.95. The number of likely N-dealkylation sites (N-methyl/N-ethyl adjacent to an activating group) is 1. The van der Waals surface area contributed by atoms with E-state index in [-0.39, 0.29) is 217 Å². The van der Waals surface area contributed by atoms with Gasteiger partial charge >= 0.3 is 35.8 Å². The van der Waals surface area contributed by atoms with Crippen molar-refractivity contribution in [3.05, 3.63) is 0 Å². The summed E-state index contributed by atoms with van der Waals surface area (Å²) in [6, 6.07) is -3.00. The van der Waals surface area contributed by atoms with Crippen LogP contribution in [0.5, 0.6) is 0 Å². The topological polar surface area (TPSA) is 761 Å². The molecular weight excluding hydrogens is 1780 g/mol. The lowest BCUT2D eigenvalue weighted by Gasteiger charge is -2.25. The summed E-state index contributed by atoms with van der Waals surface area (Å²) in [5.41, 5.74) is 6.60. The smallest absolute Gasteiger partial charge is 0.335 e. The number of aliphatic hydroxyl groups excluding tert-OH is 9. The number of nitrogens with one attached hydrogen (secondary N) is 5. The summed E-state index contributed by atoms with van der Waals surface area (Å²) in [6.07, 6.45) is -12.1. The Morgan fingerprint density at radius 3 is 1.24 bits per heavy atom. The van der Waals surface area contributed by atoms with E-state index in [2.05, 4.69) is 31.4 Å². The summed E-state index contributed by atoms with van der Waals surface area (Å²) in [5.74, 6) is -12.4. The first-order valence-corrected chi connectivity index (χ1v) is 46.3. The van der Waals surface area contributed by atoms with Gasteiger partial charge in [-0.25, -0.2) is 9.59 Å². The molecule has 0 aromatic carbocycles. The predicted octanol–water partition coefficient (Wildman–Crippen LogP) is -7.71. The van der Waals surface area contributed by atoms with E-state index < -0.39 is 177 Å². The molecule has 2 fully saturated rings. The third kappa shape index (κ3) is 54.9. The molecule has 124 heavy (non-hydrogen) atoms. The maximum atomic E-state index is 12.4. The van der Waals surface area contributed by atoms with Crippen molar-refractivity contribution in [3.63, 3.8) is 0 Å². The van der Waals surface area contributed by atoms with Gasteiger partial charge in [-0.3, -0.25) is 80.3 Å². The lowest BCUT2D eigenvalue weighted by Crippen LogP contribution is -2.52. The zero-order valence-corrected chi connectivity index (χ0v) is 73.5. The summed E-state index contributed by atoms with van der Waals surface area (Å²) < 4.78 is 45.7. The van der Waals surface area contributed by atoms with Gasteiger partial charge in [-0.1, -0.05) is 0 Å². The summed E-state index contributed by atoms with van der Waals surface area (Å²) >= 11 is 4.23. The van der Waals surface area contributed by atoms with Crippen LogP contribution in [0, 0.1) is 5.92 Å². The first kappa shape index (κ1) is 117. The van der Waals surface area contributed by atoms with Crippen LogP contribution in [0.15, 0.2) is 0 Å². The third-order valence-corrected chi connectivity index (χ3v) is 24.0. The largest absolute Gasteiger partial charge is 0.481 e. The molecule has 7 amide bonds. The normalized spacial score (nSPS) is 16.6. The molecular formula is C71H119N9O38S6. The van der Waals surface area contributed by atoms with Crippen LogP contribution in [0.1, 0.15) is 116 Å². The highest BCUT2D eigenvalue weighted by molar-refractivity contribution is 8.00. The second kappa shape index (κ2) is 69.1. The zero-order valence-electron chi connectivity index (χ0n) is 68.6. The van der Waals surface area contributed by atoms with Gasteiger partial charge in [-0.05, 0) is 52.5 Å². The van der Waals surface area contributed by atoms with Crippen molar-refractivity contribution < 1.29 is 185 Å². The van der Waals surface area contributed by atoms with Crippen LogP contribution in [-0.2, 0) is 132 Å². The zero-order chi connectivity index (χ0) is 93.8. The summed E-state index contributed by atoms with van der Waals surface area (Å²) in [4.78, 5) is 205. The van der Waals surface area contributed by atoms with Gasteiger partial charge in [0.15, 0.2) is 29.3 Å². The minimum atomic E-state index is -2.21. The van der Waals surface area contributed by atoms with E-state index in [4.69, 9.17) is 50.6 Å². The maximum Gasteiger partial charge on any atom is 0.335 e. The van der Waals surface area contributed by atoms with E-state index in [1.165, 1.54) is 14.0 Å². The van der Waals surface area contributed by atoms with Crippen LogP contribution in [0.2, 0.25) is 0 Å². The number of Topliss-reactive ketones (excluding diaryl/α,β-unsaturated/α-hetero) is 4. The molecule has 0 radical (unpaired) electrons. The highest BCUT2D eigenvalue weighted by Gasteiger charge is 2.39. The van der Waals surface area contributed by atoms with Crippen LogP contribution < -0.4 is 38.1 Å². The number of aliphatic carboxylic acids is 4. The number of rotatable bonds is 71. The molecule has 22 N–H and O–H groups in total. The molecule has 2 rings (SSSR count). The number of nitrogens with two attached hydrogens (primary N) is 2. The first-order valence-electron chi connectivity index (χ1n) is 38.9. The highest BCUT2D eigenvalue weighted by Crippen LogP contribution is 2.20. The number of carboxylic acid groups (broad SMARTS) is 4. The number of carboxylic acids is 4. The Labute approximate surface area is 735 Å². The van der Waals surface area contributed by atoms with E-state index in [1.807, 2.05) is 0 Å². The molecule has 0 aromatic rings. The molecule has 0 spiro atoms. The van der Waals surface area contributed by atoms with Gasteiger partial charge in [0.1, 0.15) is 65.7 Å². The van der Waals surface area contributed by atoms with Gasteiger partial charge < -0.3 is 133 Å². The Bertz CT molecular complexity index is 3320. The number of hydrogen-bond acceptors (Lipinski definition) is 41. The Morgan fingerprint density at radius 1 is 0.452 bits per heavy atom. The number of imide groups is 1. The Balaban J connectivity index is 0.00000192. The van der Waals surface area contributed by atoms with Crippen molar-refractivity contribution in [2.24, 2.45) is 17.4 Å². The molecule has 2 heterocycles. The van der Waals surface area contributed by atoms with Crippen LogP contribution in [0.3, 0.4) is 0 Å². The van der Waals surface area contributed by atoms with Crippen molar-refractivity contribution in [2.45, 2.75) is 188 Å². The molecule has 0 bridgehead atoms. The van der Waals surface area contributed by atoms with E-state index in [0.717, 1.165) is 47.0 Å². The average molecular weight is 1900 g/mol. The number of thioether (sulfide) groups is 4. The van der Waals surface area contributed by atoms with Crippen molar-refractivity contribution >= 4 is 169 Å². The Kier molecular flexibility index (Phi) is 65.3. The van der Waals surface area contributed by atoms with Gasteiger partial charge in [0, 0.05) is 145 Å². The fourth-order valence-corrected chi connectivity index (χ4v) is 15.4. The number of hydrogen-bond donors (Lipinski definition) is 20. The summed E-state index contributed by atoms with van der Waals surface area (Å²) in [7, 11) is -2.77. The molecule has 2 aliphatic heterocycles. The molecule has 0 aliphatic carbocycles. The van der Waals surface area contributed by atoms with Crippen LogP contribution in [0.4, 0.5) is 0 Å². The lowest BCUT2D eigenvalue weighted by molar-refractivity contribution is -0.221. The standard InChI is InChI=1S/C33H57N3O16S3.C21H38N4O12S3.C17H24N2O10/c1-21(37)7-13-51-11-5-12-52-14-8-23(38)16-22(31(45)46)17-53-18-24(39)6-3-9-36-30(44)28(42)27(41)29(43)33(49)55(50)15-4-10-35-26(40)20-54-19-25(34-2)32(47)48;22-12(19(32)33)8-38-7-11(26)3-1-4-25-18(31)16(29)15(28)17(30)21(36)40(37)6-2-5-24-14(27)10-39-9-13(23)20(34)35;20-12-2-3-13(21)18(12)28-16(24)6-10-26-8-1-9-27-11-7-17(25)29-19-14(22)4-5-15(19)23/h22,25,27-29,33-34,41-43,49H,3-20H2,1-2H3,(H,35,40)(H,36,44)(H,45,46)(H,47,48);12-13,15-17,21,28-30,36H,1-10,22-23H2,(H,24,27)(H,25,31)(H,32,33)(H,34,35);12,20H,1-11H2/t22?,25?,27-,28-,29-,33-,55?;12?,13?,15-,16-,17-,21-,40?;/m00./s1. The third-order valence-electron chi connectivity index (χ3n) is 16.6. The number of nitrogens with zero attached hydrogens (tertiary/aromatic N) is 2. The predicted molar refractivity (Wildman–Crippen MR) is 443 cm³/mol. The maximum absolute atomic E-state index is 12.4. The number of carbonyl (C=O) groups is 17. The average Bonchev–Trinajstić information content (AvgIpc) is 1.81. The fourth-order valence-electron chi connectivity index (χ4n) is 9.45. The molecule has 0 aromatic heterocycles. The number of ether oxygens (including phenoxy) is 4. The second-order valence-corrected chi connectivity index (χ2v) is 34.5. The molecule has 53 heteroatoms. The van der Waals surface area contributed by atoms with Gasteiger partial charge in [0.25, 0.3) is 29.5 Å². The number of aliphatic hydroxyl groups is 9. The van der Waals surface area contributed by atoms with Gasteiger partial charge in [0.2, 0.25) is 11.8 Å². The number of amides is 7. The van der Waals surface area contributed by atoms with Crippen LogP contribution in [0.25, 0.3) is 0 Å². The molecule has 47 nitrogen and oxygen atoms in total. The molecule has 2 aliphatic rings. The van der Waals surface area contributed by atoms with E-state index in [9.17, 15) is 141 Å². The van der Waals surface area contributed by atoms with Crippen LogP contribution in [-0.4, -0.2) is 401 Å². The summed E-state index contributed by atoms with van der Waals surface area (Å²) in [6.45, 7) is 3.41. The monoisotopic (exact) mass is 1900 g/mol. The minimum absolute atomic E-state index is 0.0111. The number of carbonyl (C=O) groups excluding carboxylic acids is 13. The van der Waals surface area contributed by atoms with Crippen LogP contribution >= 0.6 is 47.0 Å². The molecule has 0 saturated carbocycles. The van der Waals surface area contributed by atoms with E-state index in [1.54, 1.807) is 0 Å². The SMILES string of the molecule is CNC(CSCC(=O)NCCCS(=O)[C@H](O)[C@@H](O)[C@@H](O)[C@H](O)C(=O)NCCCC(=O)CSCC(CC(=O)CCOCCCOCCC(C)=O)C(=O)O)C(=O)O.NC(CSCC(=O)CCCNC(=O)[C@@H](O)[C@H](O)[C@H](O)[C@@H](O)S(=O)CCCNC(=O)CSCC(N)C(=O)O)C(=O)O.O=C(CCOCCCOCCC(=O)ON1C(=O)CCC1O)ON1C(=O)CCC1=O. The van der Waals surface area contributed by atoms with E-state index >= 15 is 0 Å². The quantitative estimate of drug-likeness (QED) is 0.0199.